The molecule has 3 nitrogen and oxygen atoms in total. The molecule has 0 amide bonds. The van der Waals surface area contributed by atoms with Gasteiger partial charge in [0.15, 0.2) is 0 Å². The van der Waals surface area contributed by atoms with Gasteiger partial charge in [-0.1, -0.05) is 19.9 Å². The van der Waals surface area contributed by atoms with Gasteiger partial charge in [0, 0.05) is 25.2 Å². The van der Waals surface area contributed by atoms with E-state index in [4.69, 9.17) is 0 Å². The van der Waals surface area contributed by atoms with Crippen LogP contribution in [0.5, 0.6) is 0 Å². The number of nitrogens with zero attached hydrogens (tertiary/aromatic N) is 2. The molecule has 1 aliphatic rings. The van der Waals surface area contributed by atoms with E-state index in [1.807, 2.05) is 26.0 Å². The fourth-order valence-corrected chi connectivity index (χ4v) is 2.22. The van der Waals surface area contributed by atoms with E-state index in [1.54, 1.807) is 6.07 Å². The van der Waals surface area contributed by atoms with Gasteiger partial charge >= 0.3 is 6.18 Å². The van der Waals surface area contributed by atoms with E-state index < -0.39 is 12.7 Å². The van der Waals surface area contributed by atoms with Crippen molar-refractivity contribution in [2.75, 3.05) is 6.54 Å². The first-order valence-electron chi connectivity index (χ1n) is 7.32. The van der Waals surface area contributed by atoms with Crippen molar-refractivity contribution >= 4 is 0 Å². The SMILES string of the molecule is CC(C)NCc1cccc(CN(CC(F)(F)F)C2CC2)n1. The molecule has 118 valence electrons. The van der Waals surface area contributed by atoms with Crippen LogP contribution in [0, 0.1) is 0 Å². The van der Waals surface area contributed by atoms with Crippen LogP contribution in [-0.2, 0) is 13.1 Å². The number of alkyl halides is 3. The average Bonchev–Trinajstić information content (AvgIpc) is 3.18. The summed E-state index contributed by atoms with van der Waals surface area (Å²) >= 11 is 0. The Labute approximate surface area is 123 Å². The summed E-state index contributed by atoms with van der Waals surface area (Å²) in [6.45, 7) is 4.13. The molecule has 0 radical (unpaired) electrons. The minimum Gasteiger partial charge on any atom is -0.309 e. The second-order valence-electron chi connectivity index (χ2n) is 5.91. The van der Waals surface area contributed by atoms with E-state index in [9.17, 15) is 13.2 Å². The largest absolute Gasteiger partial charge is 0.401 e. The Morgan fingerprint density at radius 2 is 1.95 bits per heavy atom. The Kier molecular flexibility index (Phi) is 5.22. The molecular weight excluding hydrogens is 279 g/mol. The standard InChI is InChI=1S/C15H22F3N3/c1-11(2)19-8-12-4-3-5-13(20-12)9-21(14-6-7-14)10-15(16,17)18/h3-5,11,14,19H,6-10H2,1-2H3. The summed E-state index contributed by atoms with van der Waals surface area (Å²) in [5.74, 6) is 0. The molecule has 0 atom stereocenters. The van der Waals surface area contributed by atoms with Crippen molar-refractivity contribution in [3.63, 3.8) is 0 Å². The van der Waals surface area contributed by atoms with Crippen LogP contribution >= 0.6 is 0 Å². The fraction of sp³-hybridized carbons (Fsp3) is 0.667. The molecule has 0 spiro atoms. The van der Waals surface area contributed by atoms with Gasteiger partial charge < -0.3 is 5.32 Å². The molecule has 1 aliphatic carbocycles. The van der Waals surface area contributed by atoms with Gasteiger partial charge in [0.1, 0.15) is 0 Å². The summed E-state index contributed by atoms with van der Waals surface area (Å²) in [5.41, 5.74) is 1.57. The number of pyridine rings is 1. The van der Waals surface area contributed by atoms with Crippen LogP contribution in [0.1, 0.15) is 38.1 Å². The summed E-state index contributed by atoms with van der Waals surface area (Å²) < 4.78 is 37.8. The number of hydrogen-bond donors (Lipinski definition) is 1. The van der Waals surface area contributed by atoms with Crippen molar-refractivity contribution < 1.29 is 13.2 Å². The van der Waals surface area contributed by atoms with Crippen molar-refractivity contribution in [1.82, 2.24) is 15.2 Å². The van der Waals surface area contributed by atoms with Gasteiger partial charge in [0.25, 0.3) is 0 Å². The van der Waals surface area contributed by atoms with E-state index in [0.717, 1.165) is 18.5 Å². The maximum absolute atomic E-state index is 12.6. The molecule has 1 saturated carbocycles. The first-order valence-corrected chi connectivity index (χ1v) is 7.32. The molecule has 2 rings (SSSR count). The molecular formula is C15H22F3N3. The summed E-state index contributed by atoms with van der Waals surface area (Å²) in [6, 6.07) is 5.96. The monoisotopic (exact) mass is 301 g/mol. The molecule has 0 saturated heterocycles. The summed E-state index contributed by atoms with van der Waals surface area (Å²) in [7, 11) is 0. The highest BCUT2D eigenvalue weighted by molar-refractivity contribution is 5.12. The van der Waals surface area contributed by atoms with Crippen LogP contribution in [0.25, 0.3) is 0 Å². The smallest absolute Gasteiger partial charge is 0.309 e. The third kappa shape index (κ3) is 6.01. The van der Waals surface area contributed by atoms with E-state index in [2.05, 4.69) is 10.3 Å². The molecule has 1 N–H and O–H groups in total. The Morgan fingerprint density at radius 1 is 1.29 bits per heavy atom. The Morgan fingerprint density at radius 3 is 2.52 bits per heavy atom. The summed E-state index contributed by atoms with van der Waals surface area (Å²) in [4.78, 5) is 5.94. The maximum atomic E-state index is 12.6. The molecule has 1 aromatic heterocycles. The Bertz CT molecular complexity index is 456. The molecule has 0 unspecified atom stereocenters. The number of rotatable bonds is 7. The number of nitrogens with one attached hydrogen (secondary N) is 1. The first kappa shape index (κ1) is 16.2. The molecule has 0 aromatic carbocycles. The highest BCUT2D eigenvalue weighted by Crippen LogP contribution is 2.31. The van der Waals surface area contributed by atoms with Crippen molar-refractivity contribution in [2.45, 2.75) is 58.0 Å². The van der Waals surface area contributed by atoms with Crippen LogP contribution in [-0.4, -0.2) is 34.7 Å². The predicted octanol–water partition coefficient (Wildman–Crippen LogP) is 3.11. The van der Waals surface area contributed by atoms with Crippen LogP contribution in [0.3, 0.4) is 0 Å². The second kappa shape index (κ2) is 6.75. The lowest BCUT2D eigenvalue weighted by Gasteiger charge is -2.23. The highest BCUT2D eigenvalue weighted by Gasteiger charge is 2.38. The summed E-state index contributed by atoms with van der Waals surface area (Å²) in [5, 5.41) is 3.26. The third-order valence-electron chi connectivity index (χ3n) is 3.37. The van der Waals surface area contributed by atoms with E-state index in [0.29, 0.717) is 18.3 Å². The molecule has 1 aromatic rings. The normalized spacial score (nSPS) is 16.0. The Hall–Kier alpha value is -1.14. The van der Waals surface area contributed by atoms with E-state index in [1.165, 1.54) is 4.90 Å². The first-order chi connectivity index (χ1) is 9.83. The molecule has 1 fully saturated rings. The fourth-order valence-electron chi connectivity index (χ4n) is 2.22. The molecule has 1 heterocycles. The third-order valence-corrected chi connectivity index (χ3v) is 3.37. The lowest BCUT2D eigenvalue weighted by molar-refractivity contribution is -0.148. The zero-order chi connectivity index (χ0) is 15.5. The highest BCUT2D eigenvalue weighted by atomic mass is 19.4. The zero-order valence-electron chi connectivity index (χ0n) is 12.5. The van der Waals surface area contributed by atoms with Crippen molar-refractivity contribution in [3.8, 4) is 0 Å². The van der Waals surface area contributed by atoms with Crippen molar-refractivity contribution in [1.29, 1.82) is 0 Å². The van der Waals surface area contributed by atoms with Gasteiger partial charge in [-0.15, -0.1) is 0 Å². The number of aromatic nitrogens is 1. The quantitative estimate of drug-likeness (QED) is 0.839. The average molecular weight is 301 g/mol. The van der Waals surface area contributed by atoms with Crippen LogP contribution in [0.4, 0.5) is 13.2 Å². The molecule has 21 heavy (non-hydrogen) atoms. The van der Waals surface area contributed by atoms with Gasteiger partial charge in [-0.05, 0) is 25.0 Å². The van der Waals surface area contributed by atoms with Crippen LogP contribution in [0.2, 0.25) is 0 Å². The van der Waals surface area contributed by atoms with Gasteiger partial charge in [0.2, 0.25) is 0 Å². The number of halogens is 3. The predicted molar refractivity (Wildman–Crippen MR) is 75.7 cm³/mol. The molecule has 0 bridgehead atoms. The van der Waals surface area contributed by atoms with Gasteiger partial charge in [-0.3, -0.25) is 9.88 Å². The van der Waals surface area contributed by atoms with Crippen LogP contribution < -0.4 is 5.32 Å². The Balaban J connectivity index is 1.98. The zero-order valence-corrected chi connectivity index (χ0v) is 12.5. The van der Waals surface area contributed by atoms with Gasteiger partial charge in [0.05, 0.1) is 17.9 Å². The number of hydrogen-bond acceptors (Lipinski definition) is 3. The van der Waals surface area contributed by atoms with E-state index >= 15 is 0 Å². The van der Waals surface area contributed by atoms with Gasteiger partial charge in [-0.25, -0.2) is 0 Å². The van der Waals surface area contributed by atoms with Crippen molar-refractivity contribution in [3.05, 3.63) is 29.6 Å². The molecule has 0 aliphatic heterocycles. The van der Waals surface area contributed by atoms with E-state index in [-0.39, 0.29) is 12.6 Å². The lowest BCUT2D eigenvalue weighted by atomic mass is 10.2. The second-order valence-corrected chi connectivity index (χ2v) is 5.91. The van der Waals surface area contributed by atoms with Crippen LogP contribution in [0.15, 0.2) is 18.2 Å². The topological polar surface area (TPSA) is 28.2 Å². The minimum absolute atomic E-state index is 0.0610. The summed E-state index contributed by atoms with van der Waals surface area (Å²) in [6.07, 6.45) is -2.45. The lowest BCUT2D eigenvalue weighted by Crippen LogP contribution is -2.35. The van der Waals surface area contributed by atoms with Gasteiger partial charge in [-0.2, -0.15) is 13.2 Å². The molecule has 6 heteroatoms. The maximum Gasteiger partial charge on any atom is 0.401 e. The minimum atomic E-state index is -4.15. The van der Waals surface area contributed by atoms with Crippen molar-refractivity contribution in [2.24, 2.45) is 0 Å².